The molecule has 0 aliphatic heterocycles. The van der Waals surface area contributed by atoms with E-state index in [9.17, 15) is 12.8 Å². The van der Waals surface area contributed by atoms with E-state index in [0.717, 1.165) is 5.56 Å². The van der Waals surface area contributed by atoms with E-state index in [1.54, 1.807) is 16.7 Å². The Morgan fingerprint density at radius 1 is 1.13 bits per heavy atom. The van der Waals surface area contributed by atoms with E-state index < -0.39 is 15.7 Å². The van der Waals surface area contributed by atoms with Crippen molar-refractivity contribution in [1.82, 2.24) is 4.57 Å². The Morgan fingerprint density at radius 2 is 1.83 bits per heavy atom. The van der Waals surface area contributed by atoms with Crippen LogP contribution in [0.5, 0.6) is 0 Å². The Morgan fingerprint density at radius 3 is 2.48 bits per heavy atom. The number of hydrogen-bond acceptors (Lipinski definition) is 2. The molecule has 3 nitrogen and oxygen atoms in total. The third kappa shape index (κ3) is 2.80. The van der Waals surface area contributed by atoms with Crippen molar-refractivity contribution in [3.63, 3.8) is 0 Å². The molecule has 0 unspecified atom stereocenters. The number of aryl methyl sites for hydroxylation is 1. The summed E-state index contributed by atoms with van der Waals surface area (Å²) in [6.45, 7) is 5.46. The van der Waals surface area contributed by atoms with Gasteiger partial charge in [-0.3, -0.25) is 0 Å². The summed E-state index contributed by atoms with van der Waals surface area (Å²) < 4.78 is 40.4. The molecule has 2 aromatic carbocycles. The molecule has 23 heavy (non-hydrogen) atoms. The van der Waals surface area contributed by atoms with E-state index in [-0.39, 0.29) is 10.8 Å². The lowest BCUT2D eigenvalue weighted by molar-refractivity contribution is 0.593. The molecule has 0 saturated carbocycles. The molecule has 3 aromatic rings. The first kappa shape index (κ1) is 15.5. The molecule has 0 amide bonds. The molecule has 0 N–H and O–H groups in total. The summed E-state index contributed by atoms with van der Waals surface area (Å²) in [5.74, 6) is -0.575. The van der Waals surface area contributed by atoms with Crippen molar-refractivity contribution < 1.29 is 12.8 Å². The Bertz CT molecular complexity index is 986. The lowest BCUT2D eigenvalue weighted by atomic mass is 10.2. The third-order valence-electron chi connectivity index (χ3n) is 3.68. The van der Waals surface area contributed by atoms with Gasteiger partial charge in [0.25, 0.3) is 0 Å². The van der Waals surface area contributed by atoms with Crippen LogP contribution in [0.4, 0.5) is 4.39 Å². The number of benzene rings is 2. The van der Waals surface area contributed by atoms with Crippen LogP contribution in [-0.4, -0.2) is 18.7 Å². The molecule has 1 heterocycles. The molecule has 0 atom stereocenters. The summed E-state index contributed by atoms with van der Waals surface area (Å²) in [4.78, 5) is 0. The maximum absolute atomic E-state index is 13.7. The molecule has 118 valence electrons. The van der Waals surface area contributed by atoms with Gasteiger partial charge in [-0.2, -0.15) is 0 Å². The zero-order chi connectivity index (χ0) is 16.6. The lowest BCUT2D eigenvalue weighted by Gasteiger charge is -2.11. The molecule has 0 bridgehead atoms. The van der Waals surface area contributed by atoms with Crippen LogP contribution >= 0.6 is 0 Å². The van der Waals surface area contributed by atoms with Gasteiger partial charge in [-0.25, -0.2) is 12.8 Å². The molecular formula is C18H16FNO2S. The largest absolute Gasteiger partial charge is 0.300 e. The monoisotopic (exact) mass is 329 g/mol. The zero-order valence-corrected chi connectivity index (χ0v) is 13.5. The number of aromatic nitrogens is 1. The van der Waals surface area contributed by atoms with Gasteiger partial charge in [0.2, 0.25) is 0 Å². The van der Waals surface area contributed by atoms with Crippen LogP contribution in [0.2, 0.25) is 0 Å². The predicted molar refractivity (Wildman–Crippen MR) is 90.2 cm³/mol. The highest BCUT2D eigenvalue weighted by Crippen LogP contribution is 2.29. The first-order valence-corrected chi connectivity index (χ1v) is 8.79. The average molecular weight is 329 g/mol. The molecule has 1 aromatic heterocycles. The van der Waals surface area contributed by atoms with Crippen molar-refractivity contribution in [2.24, 2.45) is 0 Å². The molecule has 0 fully saturated rings. The Hall–Kier alpha value is -2.40. The number of nitrogens with zero attached hydrogens (tertiary/aromatic N) is 1. The second kappa shape index (κ2) is 5.66. The van der Waals surface area contributed by atoms with Gasteiger partial charge in [-0.15, -0.1) is 6.58 Å². The molecule has 0 aliphatic carbocycles. The fraction of sp³-hybridized carbons (Fsp3) is 0.111. The Labute approximate surface area is 134 Å². The molecular weight excluding hydrogens is 313 g/mol. The van der Waals surface area contributed by atoms with Gasteiger partial charge in [-0.05, 0) is 43.3 Å². The minimum atomic E-state index is -3.55. The van der Waals surface area contributed by atoms with Crippen molar-refractivity contribution >= 4 is 20.7 Å². The smallest absolute Gasteiger partial charge is 0.197 e. The van der Waals surface area contributed by atoms with Crippen molar-refractivity contribution in [3.05, 3.63) is 72.6 Å². The van der Waals surface area contributed by atoms with E-state index in [0.29, 0.717) is 16.6 Å². The van der Waals surface area contributed by atoms with Gasteiger partial charge in [0.05, 0.1) is 11.3 Å². The summed E-state index contributed by atoms with van der Waals surface area (Å²) >= 11 is 0. The quantitative estimate of drug-likeness (QED) is 0.678. The van der Waals surface area contributed by atoms with E-state index in [4.69, 9.17) is 0 Å². The van der Waals surface area contributed by atoms with E-state index in [1.807, 2.05) is 31.2 Å². The van der Waals surface area contributed by atoms with E-state index in [2.05, 4.69) is 6.58 Å². The van der Waals surface area contributed by atoms with Crippen LogP contribution in [0.25, 0.3) is 16.6 Å². The minimum absolute atomic E-state index is 0.141. The Kier molecular flexibility index (Phi) is 3.82. The molecule has 5 heteroatoms. The van der Waals surface area contributed by atoms with Crippen LogP contribution in [0, 0.1) is 12.7 Å². The highest BCUT2D eigenvalue weighted by atomic mass is 32.2. The molecule has 0 saturated heterocycles. The summed E-state index contributed by atoms with van der Waals surface area (Å²) in [5.41, 5.74) is 2.27. The summed E-state index contributed by atoms with van der Waals surface area (Å²) in [5, 5.41) is 0.816. The molecule has 0 aliphatic rings. The summed E-state index contributed by atoms with van der Waals surface area (Å²) in [7, 11) is -3.55. The molecule has 3 rings (SSSR count). The molecule has 0 spiro atoms. The van der Waals surface area contributed by atoms with Crippen LogP contribution in [-0.2, 0) is 9.84 Å². The Balaban J connectivity index is 2.38. The number of halogens is 1. The number of rotatable bonds is 4. The SMILES string of the molecule is C=CCS(=O)(=O)c1cc2ccc(F)cc2n1-c1ccc(C)cc1. The van der Waals surface area contributed by atoms with Gasteiger partial charge >= 0.3 is 0 Å². The van der Waals surface area contributed by atoms with Gasteiger partial charge in [-0.1, -0.05) is 23.8 Å². The van der Waals surface area contributed by atoms with Crippen LogP contribution in [0.3, 0.4) is 0 Å². The highest BCUT2D eigenvalue weighted by molar-refractivity contribution is 7.91. The summed E-state index contributed by atoms with van der Waals surface area (Å²) in [6.07, 6.45) is 1.35. The van der Waals surface area contributed by atoms with Crippen molar-refractivity contribution in [2.45, 2.75) is 11.9 Å². The van der Waals surface area contributed by atoms with Crippen LogP contribution < -0.4 is 0 Å². The van der Waals surface area contributed by atoms with E-state index in [1.165, 1.54) is 18.2 Å². The standard InChI is InChI=1S/C18H16FNO2S/c1-3-10-23(21,22)18-11-14-6-7-15(19)12-17(14)20(18)16-8-4-13(2)5-9-16/h3-9,11-12H,1,10H2,2H3. The lowest BCUT2D eigenvalue weighted by Crippen LogP contribution is -2.10. The zero-order valence-electron chi connectivity index (χ0n) is 12.7. The fourth-order valence-corrected chi connectivity index (χ4v) is 3.85. The first-order chi connectivity index (χ1) is 10.9. The average Bonchev–Trinajstić information content (AvgIpc) is 2.87. The first-order valence-electron chi connectivity index (χ1n) is 7.14. The number of sulfone groups is 1. The second-order valence-corrected chi connectivity index (χ2v) is 7.41. The fourth-order valence-electron chi connectivity index (χ4n) is 2.58. The molecule has 0 radical (unpaired) electrons. The van der Waals surface area contributed by atoms with Gasteiger partial charge < -0.3 is 4.57 Å². The van der Waals surface area contributed by atoms with Gasteiger partial charge in [0, 0.05) is 11.1 Å². The maximum atomic E-state index is 13.7. The minimum Gasteiger partial charge on any atom is -0.300 e. The van der Waals surface area contributed by atoms with Crippen molar-refractivity contribution in [2.75, 3.05) is 5.75 Å². The number of fused-ring (bicyclic) bond motifs is 1. The third-order valence-corrected chi connectivity index (χ3v) is 5.29. The van der Waals surface area contributed by atoms with Crippen LogP contribution in [0.1, 0.15) is 5.56 Å². The maximum Gasteiger partial charge on any atom is 0.197 e. The highest BCUT2D eigenvalue weighted by Gasteiger charge is 2.21. The topological polar surface area (TPSA) is 39.1 Å². The van der Waals surface area contributed by atoms with Crippen LogP contribution in [0.15, 0.2) is 66.2 Å². The summed E-state index contributed by atoms with van der Waals surface area (Å²) in [6, 6.07) is 13.3. The van der Waals surface area contributed by atoms with Crippen molar-refractivity contribution in [3.8, 4) is 5.69 Å². The predicted octanol–water partition coefficient (Wildman–Crippen LogP) is 4.04. The van der Waals surface area contributed by atoms with Gasteiger partial charge in [0.1, 0.15) is 10.8 Å². The normalized spacial score (nSPS) is 11.7. The van der Waals surface area contributed by atoms with Crippen molar-refractivity contribution in [1.29, 1.82) is 0 Å². The van der Waals surface area contributed by atoms with Gasteiger partial charge in [0.15, 0.2) is 9.84 Å². The van der Waals surface area contributed by atoms with E-state index >= 15 is 0 Å². The number of hydrogen-bond donors (Lipinski definition) is 0. The second-order valence-electron chi connectivity index (χ2n) is 5.43.